The van der Waals surface area contributed by atoms with Crippen molar-refractivity contribution in [3.8, 4) is 0 Å². The normalized spacial score (nSPS) is 18.2. The highest BCUT2D eigenvalue weighted by Crippen LogP contribution is 2.62. The van der Waals surface area contributed by atoms with Crippen molar-refractivity contribution in [3.05, 3.63) is 216 Å². The predicted molar refractivity (Wildman–Crippen MR) is 360 cm³/mol. The van der Waals surface area contributed by atoms with Crippen molar-refractivity contribution in [2.75, 3.05) is 19.6 Å². The summed E-state index contributed by atoms with van der Waals surface area (Å²) >= 11 is 0. The van der Waals surface area contributed by atoms with E-state index in [1.54, 1.807) is 0 Å². The number of benzene rings is 9. The minimum atomic E-state index is -0.164. The van der Waals surface area contributed by atoms with Crippen LogP contribution in [0.25, 0.3) is 21.9 Å². The van der Waals surface area contributed by atoms with Crippen molar-refractivity contribution < 1.29 is 4.42 Å². The fourth-order valence-corrected chi connectivity index (χ4v) is 15.0. The molecular formula is C78H81BN4O. The summed E-state index contributed by atoms with van der Waals surface area (Å²) in [5.74, 6) is 0. The fourth-order valence-electron chi connectivity index (χ4n) is 15.0. The molecule has 2 atom stereocenters. The minimum absolute atomic E-state index is 0.000683. The van der Waals surface area contributed by atoms with Gasteiger partial charge in [-0.25, -0.2) is 0 Å². The molecule has 1 aliphatic carbocycles. The van der Waals surface area contributed by atoms with Gasteiger partial charge in [-0.3, -0.25) is 0 Å². The molecule has 0 saturated heterocycles. The van der Waals surface area contributed by atoms with E-state index < -0.39 is 0 Å². The third kappa shape index (κ3) is 8.39. The number of hydrogen-bond acceptors (Lipinski definition) is 5. The number of anilines is 11. The maximum atomic E-state index is 6.85. The summed E-state index contributed by atoms with van der Waals surface area (Å²) in [5, 5.41) is 2.24. The van der Waals surface area contributed by atoms with Gasteiger partial charge in [-0.1, -0.05) is 194 Å². The average Bonchev–Trinajstić information content (AvgIpc) is 1.43. The fraction of sp³-hybridized carbons (Fsp3) is 0.308. The van der Waals surface area contributed by atoms with Gasteiger partial charge in [0.1, 0.15) is 11.2 Å². The van der Waals surface area contributed by atoms with Crippen LogP contribution in [0.4, 0.5) is 62.6 Å². The lowest BCUT2D eigenvalue weighted by molar-refractivity contribution is 0.195. The van der Waals surface area contributed by atoms with E-state index in [4.69, 9.17) is 4.42 Å². The molecule has 0 N–H and O–H groups in total. The third-order valence-corrected chi connectivity index (χ3v) is 20.0. The van der Waals surface area contributed by atoms with Crippen molar-refractivity contribution in [1.82, 2.24) is 0 Å². The van der Waals surface area contributed by atoms with Crippen LogP contribution in [0, 0.1) is 0 Å². The molecule has 4 heterocycles. The molecule has 1 fully saturated rings. The maximum Gasteiger partial charge on any atom is 0.252 e. The first kappa shape index (κ1) is 54.0. The van der Waals surface area contributed by atoms with Crippen LogP contribution in [-0.4, -0.2) is 12.3 Å². The van der Waals surface area contributed by atoms with E-state index in [0.717, 1.165) is 80.3 Å². The summed E-state index contributed by atoms with van der Waals surface area (Å²) in [5.41, 5.74) is 25.1. The average molecular weight is 1100 g/mol. The Labute approximate surface area is 500 Å². The summed E-state index contributed by atoms with van der Waals surface area (Å²) < 4.78 is 6.85. The largest absolute Gasteiger partial charge is 0.456 e. The van der Waals surface area contributed by atoms with Crippen LogP contribution >= 0.6 is 0 Å². The monoisotopic (exact) mass is 1100 g/mol. The standard InChI is InChI=1S/C78H81BN4O/c1-73(2,3)50-24-32-54(33-25-50)80(55-34-26-51(27-35-55)74(4,5)6)58-41-43-64-66(46-58)82(59-40-42-62-61-20-15-16-23-69(61)84-70(62)49-59)67-47-60(81(56-36-28-52(29-37-56)75(7,8)9)57-38-30-53(31-39-57)76(10,11)12)48-68-71(67)79(64)65-22-19-21-63-72(65)83(68)78(14)45-18-17-44-77(63,78)13/h15-16,19-43,46-49H,17-18,44-45H2,1-14H3. The number of fused-ring (bicyclic) bond motifs is 10. The molecular weight excluding hydrogens is 1020 g/mol. The number of hydrogen-bond donors (Lipinski definition) is 0. The molecule has 422 valence electrons. The third-order valence-electron chi connectivity index (χ3n) is 20.0. The predicted octanol–water partition coefficient (Wildman–Crippen LogP) is 20.1. The van der Waals surface area contributed by atoms with E-state index >= 15 is 0 Å². The minimum Gasteiger partial charge on any atom is -0.456 e. The lowest BCUT2D eigenvalue weighted by atomic mass is 9.33. The van der Waals surface area contributed by atoms with Crippen molar-refractivity contribution in [3.63, 3.8) is 0 Å². The van der Waals surface area contributed by atoms with E-state index in [2.05, 4.69) is 305 Å². The smallest absolute Gasteiger partial charge is 0.252 e. The topological polar surface area (TPSA) is 26.1 Å². The Kier molecular flexibility index (Phi) is 12.1. The molecule has 0 spiro atoms. The van der Waals surface area contributed by atoms with E-state index in [1.165, 1.54) is 74.1 Å². The summed E-state index contributed by atoms with van der Waals surface area (Å²) in [7, 11) is 0. The van der Waals surface area contributed by atoms with Gasteiger partial charge in [-0.05, 0) is 177 Å². The molecule has 1 aromatic heterocycles. The second-order valence-corrected chi connectivity index (χ2v) is 29.4. The zero-order valence-corrected chi connectivity index (χ0v) is 52.0. The first-order valence-electron chi connectivity index (χ1n) is 30.9. The molecule has 84 heavy (non-hydrogen) atoms. The summed E-state index contributed by atoms with van der Waals surface area (Å²) in [4.78, 5) is 10.5. The Balaban J connectivity index is 1.08. The van der Waals surface area contributed by atoms with Gasteiger partial charge in [0.2, 0.25) is 0 Å². The zero-order chi connectivity index (χ0) is 58.6. The van der Waals surface area contributed by atoms with Crippen LogP contribution in [0.15, 0.2) is 192 Å². The van der Waals surface area contributed by atoms with Gasteiger partial charge in [-0.15, -0.1) is 0 Å². The molecule has 10 aromatic rings. The number of rotatable bonds is 7. The molecule has 0 bridgehead atoms. The van der Waals surface area contributed by atoms with Crippen molar-refractivity contribution in [2.24, 2.45) is 0 Å². The molecule has 0 radical (unpaired) electrons. The van der Waals surface area contributed by atoms with E-state index in [1.807, 2.05) is 0 Å². The Morgan fingerprint density at radius 2 is 0.893 bits per heavy atom. The van der Waals surface area contributed by atoms with E-state index in [-0.39, 0.29) is 39.3 Å². The van der Waals surface area contributed by atoms with Crippen LogP contribution in [0.2, 0.25) is 0 Å². The molecule has 5 nitrogen and oxygen atoms in total. The quantitative estimate of drug-likeness (QED) is 0.148. The van der Waals surface area contributed by atoms with Gasteiger partial charge in [0.15, 0.2) is 0 Å². The van der Waals surface area contributed by atoms with Gasteiger partial charge in [0.05, 0.1) is 11.2 Å². The SMILES string of the molecule is CC(C)(C)c1ccc(N(c2ccc(C(C)(C)C)cc2)c2ccc3c(c2)N(c2ccc4c(c2)oc2ccccc24)c2cc(N(c4ccc(C(C)(C)C)cc4)c4ccc(C(C)(C)C)cc4)cc4c2B3c2cccc3c2N4C2(C)CCCCC32C)cc1. The Morgan fingerprint density at radius 3 is 1.44 bits per heavy atom. The van der Waals surface area contributed by atoms with Crippen LogP contribution in [-0.2, 0) is 27.1 Å². The van der Waals surface area contributed by atoms with E-state index in [9.17, 15) is 0 Å². The molecule has 2 unspecified atom stereocenters. The molecule has 14 rings (SSSR count). The van der Waals surface area contributed by atoms with Gasteiger partial charge < -0.3 is 24.0 Å². The van der Waals surface area contributed by atoms with Crippen LogP contribution in [0.3, 0.4) is 0 Å². The van der Waals surface area contributed by atoms with Gasteiger partial charge >= 0.3 is 0 Å². The second kappa shape index (κ2) is 18.8. The Bertz CT molecular complexity index is 4110. The van der Waals surface area contributed by atoms with E-state index in [0.29, 0.717) is 0 Å². The Morgan fingerprint density at radius 1 is 0.417 bits per heavy atom. The van der Waals surface area contributed by atoms with Crippen LogP contribution in [0.1, 0.15) is 150 Å². The summed E-state index contributed by atoms with van der Waals surface area (Å²) in [6, 6.07) is 72.5. The lowest BCUT2D eigenvalue weighted by Gasteiger charge is -2.53. The number of nitrogens with zero attached hydrogens (tertiary/aromatic N) is 4. The van der Waals surface area contributed by atoms with Gasteiger partial charge in [-0.2, -0.15) is 0 Å². The van der Waals surface area contributed by atoms with Gasteiger partial charge in [0.25, 0.3) is 6.71 Å². The lowest BCUT2D eigenvalue weighted by Crippen LogP contribution is -2.64. The second-order valence-electron chi connectivity index (χ2n) is 29.4. The number of furan rings is 1. The number of para-hydroxylation sites is 2. The summed E-state index contributed by atoms with van der Waals surface area (Å²) in [6.07, 6.45) is 4.70. The highest BCUT2D eigenvalue weighted by molar-refractivity contribution is 7.00. The molecule has 4 aliphatic rings. The summed E-state index contributed by atoms with van der Waals surface area (Å²) in [6.45, 7) is 32.8. The van der Waals surface area contributed by atoms with Crippen LogP contribution < -0.4 is 36.0 Å². The molecule has 1 saturated carbocycles. The van der Waals surface area contributed by atoms with Crippen molar-refractivity contribution in [2.45, 2.75) is 155 Å². The Hall–Kier alpha value is -7.96. The van der Waals surface area contributed by atoms with Crippen molar-refractivity contribution >= 4 is 108 Å². The molecule has 9 aromatic carbocycles. The first-order valence-corrected chi connectivity index (χ1v) is 30.9. The highest BCUT2D eigenvalue weighted by atomic mass is 16.3. The molecule has 6 heteroatoms. The van der Waals surface area contributed by atoms with Crippen LogP contribution in [0.5, 0.6) is 0 Å². The maximum absolute atomic E-state index is 6.85. The highest BCUT2D eigenvalue weighted by Gasteiger charge is 2.61. The molecule has 3 aliphatic heterocycles. The van der Waals surface area contributed by atoms with Crippen molar-refractivity contribution in [1.29, 1.82) is 0 Å². The first-order chi connectivity index (χ1) is 39.9. The van der Waals surface area contributed by atoms with Gasteiger partial charge in [0, 0.05) is 79.1 Å². The zero-order valence-electron chi connectivity index (χ0n) is 52.0. The molecule has 0 amide bonds.